The molecule has 6 nitrogen and oxygen atoms in total. The first-order valence-electron chi connectivity index (χ1n) is 6.96. The van der Waals surface area contributed by atoms with Gasteiger partial charge in [-0.3, -0.25) is 0 Å². The molecule has 114 valence electrons. The number of aliphatic hydroxyl groups is 1. The molecular weight excluding hydrogens is 272 g/mol. The van der Waals surface area contributed by atoms with Crippen molar-refractivity contribution in [3.05, 3.63) is 29.3 Å². The summed E-state index contributed by atoms with van der Waals surface area (Å²) in [6.07, 6.45) is 0.190. The highest BCUT2D eigenvalue weighted by molar-refractivity contribution is 6.00. The standard InChI is InChI=1S/C15H20N2O4/c1-9-3-4-12(11(7-9)14(19)20)16-15(21)17-6-5-10(2)13(18)8-17/h3-4,7,10,13,18H,5-6,8H2,1-2H3,(H,16,21)(H,19,20). The molecule has 21 heavy (non-hydrogen) atoms. The molecule has 1 aliphatic heterocycles. The number of carbonyl (C=O) groups excluding carboxylic acids is 1. The van der Waals surface area contributed by atoms with E-state index in [1.165, 1.54) is 11.0 Å². The number of aliphatic hydroxyl groups excluding tert-OH is 1. The molecule has 0 radical (unpaired) electrons. The van der Waals surface area contributed by atoms with Crippen molar-refractivity contribution in [1.82, 2.24) is 4.90 Å². The number of carboxylic acid groups (broad SMARTS) is 1. The first-order chi connectivity index (χ1) is 9.88. The molecule has 1 aromatic rings. The molecule has 2 amide bonds. The summed E-state index contributed by atoms with van der Waals surface area (Å²) in [4.78, 5) is 24.9. The molecule has 3 N–H and O–H groups in total. The van der Waals surface area contributed by atoms with Crippen LogP contribution in [0.5, 0.6) is 0 Å². The van der Waals surface area contributed by atoms with Crippen LogP contribution >= 0.6 is 0 Å². The van der Waals surface area contributed by atoms with Crippen LogP contribution in [0.1, 0.15) is 29.3 Å². The van der Waals surface area contributed by atoms with Gasteiger partial charge in [0.25, 0.3) is 0 Å². The van der Waals surface area contributed by atoms with Crippen LogP contribution in [0.3, 0.4) is 0 Å². The van der Waals surface area contributed by atoms with Gasteiger partial charge < -0.3 is 20.4 Å². The quantitative estimate of drug-likeness (QED) is 0.777. The molecule has 1 saturated heterocycles. The maximum Gasteiger partial charge on any atom is 0.337 e. The van der Waals surface area contributed by atoms with Gasteiger partial charge >= 0.3 is 12.0 Å². The number of carboxylic acids is 1. The van der Waals surface area contributed by atoms with E-state index in [0.717, 1.165) is 12.0 Å². The Labute approximate surface area is 123 Å². The Hall–Kier alpha value is -2.08. The highest BCUT2D eigenvalue weighted by atomic mass is 16.4. The molecule has 1 fully saturated rings. The number of hydrogen-bond donors (Lipinski definition) is 3. The molecule has 0 aliphatic carbocycles. The Morgan fingerprint density at radius 1 is 1.38 bits per heavy atom. The first-order valence-corrected chi connectivity index (χ1v) is 6.96. The molecule has 2 rings (SSSR count). The van der Waals surface area contributed by atoms with E-state index in [4.69, 9.17) is 0 Å². The molecule has 2 unspecified atom stereocenters. The van der Waals surface area contributed by atoms with Crippen molar-refractivity contribution in [2.24, 2.45) is 5.92 Å². The van der Waals surface area contributed by atoms with Crippen molar-refractivity contribution in [1.29, 1.82) is 0 Å². The summed E-state index contributed by atoms with van der Waals surface area (Å²) >= 11 is 0. The average molecular weight is 292 g/mol. The molecule has 6 heteroatoms. The number of nitrogens with one attached hydrogen (secondary N) is 1. The fourth-order valence-electron chi connectivity index (χ4n) is 2.37. The second-order valence-corrected chi connectivity index (χ2v) is 5.56. The fourth-order valence-corrected chi connectivity index (χ4v) is 2.37. The third-order valence-corrected chi connectivity index (χ3v) is 3.85. The van der Waals surface area contributed by atoms with Gasteiger partial charge in [0, 0.05) is 13.1 Å². The molecule has 0 aromatic heterocycles. The van der Waals surface area contributed by atoms with Gasteiger partial charge in [-0.15, -0.1) is 0 Å². The number of benzene rings is 1. The van der Waals surface area contributed by atoms with E-state index in [-0.39, 0.29) is 29.7 Å². The van der Waals surface area contributed by atoms with Gasteiger partial charge in [-0.2, -0.15) is 0 Å². The van der Waals surface area contributed by atoms with Crippen molar-refractivity contribution in [2.75, 3.05) is 18.4 Å². The van der Waals surface area contributed by atoms with Gasteiger partial charge in [0.1, 0.15) is 0 Å². The van der Waals surface area contributed by atoms with Crippen LogP contribution in [0, 0.1) is 12.8 Å². The zero-order valence-electron chi connectivity index (χ0n) is 12.2. The first kappa shape index (κ1) is 15.3. The molecular formula is C15H20N2O4. The normalized spacial score (nSPS) is 22.0. The molecule has 1 aromatic carbocycles. The summed E-state index contributed by atoms with van der Waals surface area (Å²) in [5.41, 5.74) is 1.15. The summed E-state index contributed by atoms with van der Waals surface area (Å²) < 4.78 is 0. The number of aromatic carboxylic acids is 1. The number of nitrogens with zero attached hydrogens (tertiary/aromatic N) is 1. The van der Waals surface area contributed by atoms with E-state index in [1.807, 2.05) is 6.92 Å². The van der Waals surface area contributed by atoms with Crippen molar-refractivity contribution in [3.63, 3.8) is 0 Å². The van der Waals surface area contributed by atoms with Gasteiger partial charge in [0.15, 0.2) is 0 Å². The zero-order chi connectivity index (χ0) is 15.6. The third-order valence-electron chi connectivity index (χ3n) is 3.85. The minimum Gasteiger partial charge on any atom is -0.478 e. The van der Waals surface area contributed by atoms with E-state index in [2.05, 4.69) is 5.32 Å². The van der Waals surface area contributed by atoms with Crippen LogP contribution in [0.4, 0.5) is 10.5 Å². The minimum absolute atomic E-state index is 0.0641. The highest BCUT2D eigenvalue weighted by Crippen LogP contribution is 2.21. The van der Waals surface area contributed by atoms with Crippen molar-refractivity contribution >= 4 is 17.7 Å². The van der Waals surface area contributed by atoms with Gasteiger partial charge in [0.05, 0.1) is 17.4 Å². The molecule has 2 atom stereocenters. The number of carbonyl (C=O) groups is 2. The third kappa shape index (κ3) is 3.52. The molecule has 1 aliphatic rings. The summed E-state index contributed by atoms with van der Waals surface area (Å²) in [5.74, 6) is -0.913. The maximum atomic E-state index is 12.2. The van der Waals surface area contributed by atoms with Crippen molar-refractivity contribution in [3.8, 4) is 0 Å². The van der Waals surface area contributed by atoms with Gasteiger partial charge in [-0.25, -0.2) is 9.59 Å². The topological polar surface area (TPSA) is 89.9 Å². The van der Waals surface area contributed by atoms with Crippen LogP contribution < -0.4 is 5.32 Å². The predicted octanol–water partition coefficient (Wildman–Crippen LogP) is 1.93. The predicted molar refractivity (Wildman–Crippen MR) is 78.5 cm³/mol. The fraction of sp³-hybridized carbons (Fsp3) is 0.467. The second-order valence-electron chi connectivity index (χ2n) is 5.56. The number of rotatable bonds is 2. The second kappa shape index (κ2) is 6.13. The van der Waals surface area contributed by atoms with E-state index in [1.54, 1.807) is 19.1 Å². The lowest BCUT2D eigenvalue weighted by atomic mass is 9.96. The van der Waals surface area contributed by atoms with Crippen LogP contribution in [-0.2, 0) is 0 Å². The lowest BCUT2D eigenvalue weighted by Gasteiger charge is -2.34. The molecule has 0 spiro atoms. The summed E-state index contributed by atoms with van der Waals surface area (Å²) in [6.45, 7) is 4.56. The smallest absolute Gasteiger partial charge is 0.337 e. The summed E-state index contributed by atoms with van der Waals surface area (Å²) in [5, 5.41) is 21.6. The Balaban J connectivity index is 2.11. The van der Waals surface area contributed by atoms with E-state index >= 15 is 0 Å². The van der Waals surface area contributed by atoms with Crippen LogP contribution in [0.25, 0.3) is 0 Å². The van der Waals surface area contributed by atoms with Crippen LogP contribution in [0.2, 0.25) is 0 Å². The number of hydrogen-bond acceptors (Lipinski definition) is 3. The number of likely N-dealkylation sites (tertiary alicyclic amines) is 1. The Morgan fingerprint density at radius 2 is 2.10 bits per heavy atom. The Kier molecular flexibility index (Phi) is 4.47. The number of anilines is 1. The van der Waals surface area contributed by atoms with E-state index < -0.39 is 12.1 Å². The minimum atomic E-state index is -1.08. The van der Waals surface area contributed by atoms with Gasteiger partial charge in [-0.1, -0.05) is 18.6 Å². The van der Waals surface area contributed by atoms with Gasteiger partial charge in [0.2, 0.25) is 0 Å². The summed E-state index contributed by atoms with van der Waals surface area (Å²) in [6, 6.07) is 4.47. The molecule has 0 saturated carbocycles. The lowest BCUT2D eigenvalue weighted by Crippen LogP contribution is -2.47. The number of β-amino-alcohol motifs (C(OH)–C–C–N with tert-alkyl or cyclic N) is 1. The van der Waals surface area contributed by atoms with E-state index in [9.17, 15) is 19.8 Å². The number of aryl methyl sites for hydroxylation is 1. The van der Waals surface area contributed by atoms with Crippen LogP contribution in [-0.4, -0.2) is 46.3 Å². The maximum absolute atomic E-state index is 12.2. The number of piperidine rings is 1. The molecule has 0 bridgehead atoms. The highest BCUT2D eigenvalue weighted by Gasteiger charge is 2.27. The number of amides is 2. The monoisotopic (exact) mass is 292 g/mol. The van der Waals surface area contributed by atoms with Crippen LogP contribution in [0.15, 0.2) is 18.2 Å². The molecule has 1 heterocycles. The number of urea groups is 1. The summed E-state index contributed by atoms with van der Waals surface area (Å²) in [7, 11) is 0. The van der Waals surface area contributed by atoms with Gasteiger partial charge in [-0.05, 0) is 31.4 Å². The van der Waals surface area contributed by atoms with Crippen molar-refractivity contribution in [2.45, 2.75) is 26.4 Å². The lowest BCUT2D eigenvalue weighted by molar-refractivity contribution is 0.0463. The SMILES string of the molecule is Cc1ccc(NC(=O)N2CCC(C)C(O)C2)c(C(=O)O)c1. The Bertz CT molecular complexity index is 559. The largest absolute Gasteiger partial charge is 0.478 e. The average Bonchev–Trinajstić information content (AvgIpc) is 2.43. The zero-order valence-corrected chi connectivity index (χ0v) is 12.2. The Morgan fingerprint density at radius 3 is 2.71 bits per heavy atom. The van der Waals surface area contributed by atoms with E-state index in [0.29, 0.717) is 6.54 Å². The van der Waals surface area contributed by atoms with Crippen molar-refractivity contribution < 1.29 is 19.8 Å².